The highest BCUT2D eigenvalue weighted by Gasteiger charge is 2.25. The fourth-order valence-corrected chi connectivity index (χ4v) is 1.45. The van der Waals surface area contributed by atoms with Crippen LogP contribution < -0.4 is 0 Å². The second-order valence-electron chi connectivity index (χ2n) is 3.23. The maximum atomic E-state index is 13.2. The van der Waals surface area contributed by atoms with E-state index in [1.807, 2.05) is 0 Å². The smallest absolute Gasteiger partial charge is 0.205 e. The van der Waals surface area contributed by atoms with Crippen LogP contribution in [0.25, 0.3) is 10.8 Å². The summed E-state index contributed by atoms with van der Waals surface area (Å²) in [6.07, 6.45) is 0. The highest BCUT2D eigenvalue weighted by Crippen LogP contribution is 2.39. The van der Waals surface area contributed by atoms with E-state index in [2.05, 4.69) is 0 Å². The molecule has 0 aromatic heterocycles. The highest BCUT2D eigenvalue weighted by molar-refractivity contribution is 5.93. The fourth-order valence-electron chi connectivity index (χ4n) is 1.45. The summed E-state index contributed by atoms with van der Waals surface area (Å²) in [5.41, 5.74) is 0. The first kappa shape index (κ1) is 11.4. The third kappa shape index (κ3) is 1.38. The van der Waals surface area contributed by atoms with E-state index < -0.39 is 51.4 Å². The Hall–Kier alpha value is -2.05. The molecule has 0 fully saturated rings. The molecular formula is C10H3F5O2. The van der Waals surface area contributed by atoms with Gasteiger partial charge in [-0.2, -0.15) is 8.78 Å². The van der Waals surface area contributed by atoms with Crippen LogP contribution in [0.2, 0.25) is 0 Å². The van der Waals surface area contributed by atoms with Crippen molar-refractivity contribution in [1.82, 2.24) is 0 Å². The Morgan fingerprint density at radius 3 is 1.82 bits per heavy atom. The maximum Gasteiger partial charge on any atom is 0.205 e. The molecule has 0 unspecified atom stereocenters. The van der Waals surface area contributed by atoms with Crippen LogP contribution in [0.5, 0.6) is 11.5 Å². The first-order valence-corrected chi connectivity index (χ1v) is 4.22. The minimum absolute atomic E-state index is 0.255. The summed E-state index contributed by atoms with van der Waals surface area (Å²) in [5, 5.41) is 16.2. The quantitative estimate of drug-likeness (QED) is 0.428. The normalized spacial score (nSPS) is 11.1. The maximum absolute atomic E-state index is 13.2. The molecule has 0 aliphatic carbocycles. The van der Waals surface area contributed by atoms with Gasteiger partial charge in [-0.15, -0.1) is 0 Å². The summed E-state index contributed by atoms with van der Waals surface area (Å²) in [7, 11) is 0. The molecule has 0 spiro atoms. The van der Waals surface area contributed by atoms with Gasteiger partial charge in [0.15, 0.2) is 29.0 Å². The van der Waals surface area contributed by atoms with Crippen molar-refractivity contribution in [3.8, 4) is 11.5 Å². The van der Waals surface area contributed by atoms with Crippen LogP contribution in [0.4, 0.5) is 22.0 Å². The molecule has 0 saturated carbocycles. The van der Waals surface area contributed by atoms with E-state index in [0.29, 0.717) is 0 Å². The third-order valence-corrected chi connectivity index (χ3v) is 2.26. The van der Waals surface area contributed by atoms with E-state index in [0.717, 1.165) is 0 Å². The van der Waals surface area contributed by atoms with E-state index in [1.54, 1.807) is 0 Å². The van der Waals surface area contributed by atoms with Gasteiger partial charge in [0.05, 0.1) is 5.39 Å². The Bertz CT molecular complexity index is 631. The summed E-state index contributed by atoms with van der Waals surface area (Å²) < 4.78 is 64.8. The van der Waals surface area contributed by atoms with Crippen molar-refractivity contribution in [2.45, 2.75) is 0 Å². The zero-order valence-corrected chi connectivity index (χ0v) is 7.86. The lowest BCUT2D eigenvalue weighted by molar-refractivity contribution is 0.378. The number of phenols is 2. The molecule has 2 N–H and O–H groups in total. The van der Waals surface area contributed by atoms with Crippen LogP contribution in [0.15, 0.2) is 6.07 Å². The van der Waals surface area contributed by atoms with Crippen LogP contribution in [-0.4, -0.2) is 10.2 Å². The molecule has 90 valence electrons. The van der Waals surface area contributed by atoms with Gasteiger partial charge >= 0.3 is 0 Å². The van der Waals surface area contributed by atoms with Crippen LogP contribution >= 0.6 is 0 Å². The van der Waals surface area contributed by atoms with Crippen LogP contribution in [0.3, 0.4) is 0 Å². The van der Waals surface area contributed by atoms with Gasteiger partial charge in [-0.25, -0.2) is 13.2 Å². The van der Waals surface area contributed by atoms with Crippen LogP contribution in [0, 0.1) is 29.1 Å². The van der Waals surface area contributed by atoms with Crippen molar-refractivity contribution in [2.75, 3.05) is 0 Å². The molecular weight excluding hydrogens is 247 g/mol. The standard InChI is InChI=1S/C10H3F5O2/c11-3-1-2-4(6(13)5(3)12)10(17)8(15)7(14)9(2)16/h1,16-17H. The van der Waals surface area contributed by atoms with E-state index in [-0.39, 0.29) is 6.07 Å². The average Bonchev–Trinajstić information content (AvgIpc) is 2.30. The Morgan fingerprint density at radius 1 is 0.706 bits per heavy atom. The molecule has 2 aromatic rings. The zero-order chi connectivity index (χ0) is 12.9. The van der Waals surface area contributed by atoms with Gasteiger partial charge < -0.3 is 10.2 Å². The highest BCUT2D eigenvalue weighted by atomic mass is 19.2. The molecule has 0 radical (unpaired) electrons. The monoisotopic (exact) mass is 250 g/mol. The first-order chi connectivity index (χ1) is 7.86. The molecule has 0 amide bonds. The first-order valence-electron chi connectivity index (χ1n) is 4.22. The zero-order valence-electron chi connectivity index (χ0n) is 7.86. The van der Waals surface area contributed by atoms with Gasteiger partial charge in [-0.05, 0) is 6.07 Å². The topological polar surface area (TPSA) is 40.5 Å². The van der Waals surface area contributed by atoms with Crippen molar-refractivity contribution in [3.05, 3.63) is 35.2 Å². The van der Waals surface area contributed by atoms with Crippen LogP contribution in [-0.2, 0) is 0 Å². The van der Waals surface area contributed by atoms with Gasteiger partial charge in [0.25, 0.3) is 0 Å². The Balaban J connectivity index is 3.12. The lowest BCUT2D eigenvalue weighted by Gasteiger charge is -2.08. The molecule has 0 aliphatic heterocycles. The second kappa shape index (κ2) is 3.47. The van der Waals surface area contributed by atoms with Crippen molar-refractivity contribution >= 4 is 10.8 Å². The summed E-state index contributed by atoms with van der Waals surface area (Å²) in [6, 6.07) is 0.255. The minimum atomic E-state index is -1.96. The van der Waals surface area contributed by atoms with E-state index in [9.17, 15) is 22.0 Å². The van der Waals surface area contributed by atoms with Gasteiger partial charge in [-0.3, -0.25) is 0 Å². The van der Waals surface area contributed by atoms with Crippen molar-refractivity contribution < 1.29 is 32.2 Å². The van der Waals surface area contributed by atoms with Crippen molar-refractivity contribution in [1.29, 1.82) is 0 Å². The number of hydrogen-bond donors (Lipinski definition) is 2. The van der Waals surface area contributed by atoms with E-state index >= 15 is 0 Å². The molecule has 2 nitrogen and oxygen atoms in total. The number of hydrogen-bond acceptors (Lipinski definition) is 2. The Labute approximate surface area is 90.5 Å². The lowest BCUT2D eigenvalue weighted by Crippen LogP contribution is -1.96. The predicted molar refractivity (Wildman–Crippen MR) is 47.1 cm³/mol. The number of aromatic hydroxyl groups is 2. The van der Waals surface area contributed by atoms with Gasteiger partial charge in [0.1, 0.15) is 0 Å². The molecule has 7 heteroatoms. The fraction of sp³-hybridized carbons (Fsp3) is 0. The predicted octanol–water partition coefficient (Wildman–Crippen LogP) is 2.95. The summed E-state index contributed by atoms with van der Waals surface area (Å²) in [4.78, 5) is 0. The molecule has 0 heterocycles. The lowest BCUT2D eigenvalue weighted by atomic mass is 10.1. The number of halogens is 5. The molecule has 0 bridgehead atoms. The number of rotatable bonds is 0. The molecule has 2 aromatic carbocycles. The molecule has 0 aliphatic rings. The average molecular weight is 250 g/mol. The van der Waals surface area contributed by atoms with Crippen molar-refractivity contribution in [2.24, 2.45) is 0 Å². The van der Waals surface area contributed by atoms with Gasteiger partial charge in [0, 0.05) is 5.39 Å². The Morgan fingerprint density at radius 2 is 1.24 bits per heavy atom. The van der Waals surface area contributed by atoms with E-state index in [1.165, 1.54) is 0 Å². The Kier molecular flexibility index (Phi) is 2.34. The van der Waals surface area contributed by atoms with Crippen molar-refractivity contribution in [3.63, 3.8) is 0 Å². The molecule has 0 atom stereocenters. The van der Waals surface area contributed by atoms with Crippen LogP contribution in [0.1, 0.15) is 0 Å². The van der Waals surface area contributed by atoms with Gasteiger partial charge in [-0.1, -0.05) is 0 Å². The third-order valence-electron chi connectivity index (χ3n) is 2.26. The SMILES string of the molecule is Oc1c(F)c(F)c(O)c2c(F)c(F)c(F)cc12. The number of benzene rings is 2. The summed E-state index contributed by atoms with van der Waals surface area (Å²) >= 11 is 0. The van der Waals surface area contributed by atoms with E-state index in [4.69, 9.17) is 10.2 Å². The summed E-state index contributed by atoms with van der Waals surface area (Å²) in [5.74, 6) is -12.3. The number of phenolic OH excluding ortho intramolecular Hbond substituents is 2. The second-order valence-corrected chi connectivity index (χ2v) is 3.23. The van der Waals surface area contributed by atoms with Gasteiger partial charge in [0.2, 0.25) is 11.6 Å². The largest absolute Gasteiger partial charge is 0.504 e. The minimum Gasteiger partial charge on any atom is -0.504 e. The molecule has 2 rings (SSSR count). The molecule has 17 heavy (non-hydrogen) atoms. The number of fused-ring (bicyclic) bond motifs is 1. The molecule has 0 saturated heterocycles. The summed E-state index contributed by atoms with van der Waals surface area (Å²) in [6.45, 7) is 0.